The summed E-state index contributed by atoms with van der Waals surface area (Å²) >= 11 is 3.38. The molecule has 3 atom stereocenters. The largest absolute Gasteiger partial charge is 0.484 e. The van der Waals surface area contributed by atoms with E-state index in [9.17, 15) is 19.2 Å². The lowest BCUT2D eigenvalue weighted by molar-refractivity contribution is -0.170. The van der Waals surface area contributed by atoms with Crippen LogP contribution in [0.4, 0.5) is 0 Å². The van der Waals surface area contributed by atoms with E-state index in [2.05, 4.69) is 21.2 Å². The molecule has 10 heteroatoms. The first-order valence-electron chi connectivity index (χ1n) is 12.4. The number of nitrogens with one attached hydrogen (secondary N) is 1. The van der Waals surface area contributed by atoms with Gasteiger partial charge in [-0.2, -0.15) is 0 Å². The third-order valence-corrected chi connectivity index (χ3v) is 7.19. The Labute approximate surface area is 233 Å². The third kappa shape index (κ3) is 5.96. The van der Waals surface area contributed by atoms with Crippen LogP contribution in [0.25, 0.3) is 0 Å². The van der Waals surface area contributed by atoms with Gasteiger partial charge in [-0.25, -0.2) is 4.79 Å². The van der Waals surface area contributed by atoms with Crippen molar-refractivity contribution in [2.75, 3.05) is 13.2 Å². The maximum atomic E-state index is 13.4. The highest BCUT2D eigenvalue weighted by molar-refractivity contribution is 9.10. The molecular formula is C29H26BrN3O6. The van der Waals surface area contributed by atoms with Crippen LogP contribution in [0, 0.1) is 0 Å². The van der Waals surface area contributed by atoms with Gasteiger partial charge in [0.15, 0.2) is 6.61 Å². The molecule has 2 aliphatic heterocycles. The van der Waals surface area contributed by atoms with Crippen LogP contribution in [0.5, 0.6) is 5.75 Å². The van der Waals surface area contributed by atoms with Gasteiger partial charge in [0.2, 0.25) is 18.0 Å². The molecule has 1 N–H and O–H groups in total. The van der Waals surface area contributed by atoms with Crippen molar-refractivity contribution in [2.24, 2.45) is 0 Å². The van der Waals surface area contributed by atoms with Crippen LogP contribution in [-0.2, 0) is 36.9 Å². The Balaban J connectivity index is 1.28. The summed E-state index contributed by atoms with van der Waals surface area (Å²) in [6.07, 6.45) is -1.16. The number of amides is 3. The number of β-lactam (4-membered cyclic amide) rings is 1. The summed E-state index contributed by atoms with van der Waals surface area (Å²) < 4.78 is 11.9. The normalized spacial score (nSPS) is 19.6. The molecule has 0 spiro atoms. The topological polar surface area (TPSA) is 105 Å². The summed E-state index contributed by atoms with van der Waals surface area (Å²) in [4.78, 5) is 54.9. The predicted octanol–water partition coefficient (Wildman–Crippen LogP) is 2.68. The summed E-state index contributed by atoms with van der Waals surface area (Å²) in [5, 5.41) is 2.69. The lowest BCUT2D eigenvalue weighted by atomic mass is 9.96. The monoisotopic (exact) mass is 591 g/mol. The summed E-state index contributed by atoms with van der Waals surface area (Å²) in [7, 11) is 0. The molecule has 2 unspecified atom stereocenters. The summed E-state index contributed by atoms with van der Waals surface area (Å²) in [5.41, 5.74) is 1.55. The minimum atomic E-state index is -1.21. The van der Waals surface area contributed by atoms with Crippen molar-refractivity contribution in [1.82, 2.24) is 15.1 Å². The molecule has 200 valence electrons. The fourth-order valence-corrected chi connectivity index (χ4v) is 4.98. The zero-order chi connectivity index (χ0) is 27.4. The van der Waals surface area contributed by atoms with Crippen molar-refractivity contribution < 1.29 is 28.7 Å². The number of fused-ring (bicyclic) bond motifs is 1. The molecule has 9 nitrogen and oxygen atoms in total. The molecule has 0 aliphatic carbocycles. The molecule has 0 saturated carbocycles. The highest BCUT2D eigenvalue weighted by Crippen LogP contribution is 2.34. The fourth-order valence-electron chi connectivity index (χ4n) is 4.71. The quantitative estimate of drug-likeness (QED) is 0.303. The molecule has 0 radical (unpaired) electrons. The number of rotatable bonds is 9. The lowest BCUT2D eigenvalue weighted by Gasteiger charge is -2.43. The van der Waals surface area contributed by atoms with Crippen molar-refractivity contribution >= 4 is 39.6 Å². The van der Waals surface area contributed by atoms with Crippen LogP contribution in [0.15, 0.2) is 89.4 Å². The van der Waals surface area contributed by atoms with E-state index in [0.29, 0.717) is 5.75 Å². The molecule has 0 bridgehead atoms. The molecular weight excluding hydrogens is 566 g/mol. The van der Waals surface area contributed by atoms with Gasteiger partial charge >= 0.3 is 5.97 Å². The van der Waals surface area contributed by atoms with Gasteiger partial charge in [-0.15, -0.1) is 0 Å². The average Bonchev–Trinajstić information content (AvgIpc) is 3.32. The van der Waals surface area contributed by atoms with Crippen LogP contribution in [0.3, 0.4) is 0 Å². The van der Waals surface area contributed by atoms with Crippen LogP contribution in [0.1, 0.15) is 11.1 Å². The molecule has 39 heavy (non-hydrogen) atoms. The number of halogens is 1. The molecule has 3 aromatic carbocycles. The summed E-state index contributed by atoms with van der Waals surface area (Å²) in [6.45, 7) is -0.166. The van der Waals surface area contributed by atoms with E-state index in [1.54, 1.807) is 24.3 Å². The Morgan fingerprint density at radius 1 is 0.897 bits per heavy atom. The number of carbonyl (C=O) groups is 4. The fraction of sp³-hybridized carbons (Fsp3) is 0.241. The van der Waals surface area contributed by atoms with Gasteiger partial charge < -0.3 is 24.6 Å². The number of hydrogen-bond acceptors (Lipinski definition) is 6. The van der Waals surface area contributed by atoms with Gasteiger partial charge in [0, 0.05) is 11.0 Å². The van der Waals surface area contributed by atoms with E-state index in [1.165, 1.54) is 9.80 Å². The maximum Gasteiger partial charge on any atom is 0.350 e. The van der Waals surface area contributed by atoms with Crippen molar-refractivity contribution in [3.63, 3.8) is 0 Å². The zero-order valence-corrected chi connectivity index (χ0v) is 22.5. The molecule has 2 aliphatic rings. The minimum Gasteiger partial charge on any atom is -0.484 e. The number of carbonyl (C=O) groups excluding carboxylic acids is 4. The molecule has 2 fully saturated rings. The number of esters is 1. The third-order valence-electron chi connectivity index (χ3n) is 6.66. The lowest BCUT2D eigenvalue weighted by Crippen LogP contribution is -2.71. The van der Waals surface area contributed by atoms with E-state index < -0.39 is 36.0 Å². The van der Waals surface area contributed by atoms with Crippen LogP contribution in [0.2, 0.25) is 0 Å². The SMILES string of the molecule is O=C(COc1ccccc1)N[C@@H]1C(=O)N2C1CN(C(=O)Cc1ccc(Br)cc1)C2C(=O)OCc1ccccc1. The van der Waals surface area contributed by atoms with Gasteiger partial charge in [0.25, 0.3) is 5.91 Å². The van der Waals surface area contributed by atoms with E-state index in [0.717, 1.165) is 15.6 Å². The van der Waals surface area contributed by atoms with Crippen molar-refractivity contribution in [1.29, 1.82) is 0 Å². The molecule has 3 amide bonds. The maximum absolute atomic E-state index is 13.4. The first-order chi connectivity index (χ1) is 18.9. The second kappa shape index (κ2) is 11.7. The minimum absolute atomic E-state index is 0.00853. The number of nitrogens with zero attached hydrogens (tertiary/aromatic N) is 2. The Bertz CT molecular complexity index is 1350. The first kappa shape index (κ1) is 26.4. The smallest absolute Gasteiger partial charge is 0.350 e. The van der Waals surface area contributed by atoms with E-state index in [4.69, 9.17) is 9.47 Å². The van der Waals surface area contributed by atoms with Crippen molar-refractivity contribution in [2.45, 2.75) is 31.3 Å². The van der Waals surface area contributed by atoms with Gasteiger partial charge in [-0.1, -0.05) is 76.6 Å². The first-order valence-corrected chi connectivity index (χ1v) is 13.2. The van der Waals surface area contributed by atoms with E-state index in [-0.39, 0.29) is 32.1 Å². The van der Waals surface area contributed by atoms with Crippen LogP contribution < -0.4 is 10.1 Å². The highest BCUT2D eigenvalue weighted by Gasteiger charge is 2.61. The molecule has 5 rings (SSSR count). The zero-order valence-electron chi connectivity index (χ0n) is 20.9. The van der Waals surface area contributed by atoms with Gasteiger partial charge in [-0.05, 0) is 35.4 Å². The Morgan fingerprint density at radius 2 is 1.56 bits per heavy atom. The standard InChI is InChI=1S/C29H26BrN3O6/c30-21-13-11-19(12-14-21)15-25(35)32-16-23-26(31-24(34)18-38-22-9-5-2-6-10-22)28(36)33(23)27(32)29(37)39-17-20-7-3-1-4-8-20/h1-14,23,26-27H,15-18H2,(H,31,34)/t23?,26-,27?/m0/s1. The van der Waals surface area contributed by atoms with Crippen molar-refractivity contribution in [3.8, 4) is 5.75 Å². The number of hydrogen-bond donors (Lipinski definition) is 1. The predicted molar refractivity (Wildman–Crippen MR) is 144 cm³/mol. The molecule has 0 aromatic heterocycles. The highest BCUT2D eigenvalue weighted by atomic mass is 79.9. The van der Waals surface area contributed by atoms with Gasteiger partial charge in [-0.3, -0.25) is 14.4 Å². The van der Waals surface area contributed by atoms with Crippen molar-refractivity contribution in [3.05, 3.63) is 101 Å². The van der Waals surface area contributed by atoms with E-state index in [1.807, 2.05) is 60.7 Å². The summed E-state index contributed by atoms with van der Waals surface area (Å²) in [5.74, 6) is -1.41. The Morgan fingerprint density at radius 3 is 2.26 bits per heavy atom. The summed E-state index contributed by atoms with van der Waals surface area (Å²) in [6, 6.07) is 23.9. The molecule has 2 heterocycles. The Kier molecular flexibility index (Phi) is 7.92. The van der Waals surface area contributed by atoms with Gasteiger partial charge in [0.05, 0.1) is 12.5 Å². The van der Waals surface area contributed by atoms with E-state index >= 15 is 0 Å². The van der Waals surface area contributed by atoms with Gasteiger partial charge in [0.1, 0.15) is 18.4 Å². The molecule has 2 saturated heterocycles. The van der Waals surface area contributed by atoms with Crippen LogP contribution in [-0.4, -0.2) is 64.9 Å². The number of para-hydroxylation sites is 1. The van der Waals surface area contributed by atoms with Crippen LogP contribution >= 0.6 is 15.9 Å². The average molecular weight is 592 g/mol. The Hall–Kier alpha value is -4.18. The second-order valence-electron chi connectivity index (χ2n) is 9.28. The number of benzene rings is 3. The molecule has 3 aromatic rings. The second-order valence-corrected chi connectivity index (χ2v) is 10.2. The number of ether oxygens (including phenoxy) is 2.